The molecule has 0 spiro atoms. The number of aromatic nitrogens is 5. The molecule has 0 aliphatic heterocycles. The lowest BCUT2D eigenvalue weighted by Gasteiger charge is -2.19. The van der Waals surface area contributed by atoms with Crippen LogP contribution in [0.1, 0.15) is 65.8 Å². The molecular weight excluding hydrogens is 510 g/mol. The molecule has 0 saturated heterocycles. The summed E-state index contributed by atoms with van der Waals surface area (Å²) in [6, 6.07) is 9.77. The summed E-state index contributed by atoms with van der Waals surface area (Å²) in [6.07, 6.45) is 10.4. The summed E-state index contributed by atoms with van der Waals surface area (Å²) in [6.45, 7) is 4.25. The van der Waals surface area contributed by atoms with E-state index >= 15 is 0 Å². The zero-order chi connectivity index (χ0) is 27.3. The number of nitrogens with one attached hydrogen (secondary N) is 2. The Kier molecular flexibility index (Phi) is 6.37. The van der Waals surface area contributed by atoms with Crippen LogP contribution in [-0.2, 0) is 12.5 Å². The van der Waals surface area contributed by atoms with Crippen LogP contribution in [0.2, 0.25) is 0 Å². The van der Waals surface area contributed by atoms with E-state index < -0.39 is 0 Å². The molecule has 2 aliphatic carbocycles. The molecule has 0 unspecified atom stereocenters. The molecule has 2 aromatic carbocycles. The van der Waals surface area contributed by atoms with Gasteiger partial charge >= 0.3 is 0 Å². The first kappa shape index (κ1) is 25.5. The predicted octanol–water partition coefficient (Wildman–Crippen LogP) is 5.86. The fourth-order valence-corrected chi connectivity index (χ4v) is 5.40. The van der Waals surface area contributed by atoms with Gasteiger partial charge in [0, 0.05) is 24.8 Å². The van der Waals surface area contributed by atoms with E-state index in [0.29, 0.717) is 22.9 Å². The number of rotatable bonds is 9. The summed E-state index contributed by atoms with van der Waals surface area (Å²) in [5.74, 6) is 2.04. The Bertz CT molecular complexity index is 1570. The summed E-state index contributed by atoms with van der Waals surface area (Å²) < 4.78 is 12.9. The van der Waals surface area contributed by atoms with E-state index in [9.17, 15) is 4.79 Å². The second-order valence-electron chi connectivity index (χ2n) is 10.8. The lowest BCUT2D eigenvalue weighted by molar-refractivity contribution is 0.102. The summed E-state index contributed by atoms with van der Waals surface area (Å²) in [5, 5.41) is 11.9. The van der Waals surface area contributed by atoms with Crippen molar-refractivity contribution in [2.45, 2.75) is 50.9 Å². The number of hydrogen-bond donors (Lipinski definition) is 2. The molecule has 6 rings (SSSR count). The van der Waals surface area contributed by atoms with E-state index in [1.807, 2.05) is 56.9 Å². The van der Waals surface area contributed by atoms with Crippen molar-refractivity contribution < 1.29 is 9.53 Å². The summed E-state index contributed by atoms with van der Waals surface area (Å²) in [7, 11) is 3.65. The van der Waals surface area contributed by atoms with Crippen molar-refractivity contribution in [2.75, 3.05) is 23.4 Å². The Morgan fingerprint density at radius 2 is 1.95 bits per heavy atom. The standard InChI is InChI=1S/C29H33N7O2S/c1-17-6-7-19(12-24(17)36-16-23(32-34-36)25-15-30-27(35(25)3)18-8-9-18)28(37)31-21-13-20(29(2)10-11-29)14-22(33-39-5)26(21)38-4/h6-7,12-16,18,33H,8-11H2,1-5H3,(H,31,37). The van der Waals surface area contributed by atoms with Gasteiger partial charge in [0.25, 0.3) is 5.91 Å². The van der Waals surface area contributed by atoms with Crippen LogP contribution in [0.4, 0.5) is 11.4 Å². The first-order valence-corrected chi connectivity index (χ1v) is 14.4. The van der Waals surface area contributed by atoms with Gasteiger partial charge in [-0.3, -0.25) is 4.79 Å². The average Bonchev–Trinajstić information content (AvgIpc) is 3.82. The van der Waals surface area contributed by atoms with E-state index in [4.69, 9.17) is 4.74 Å². The van der Waals surface area contributed by atoms with Gasteiger partial charge in [-0.1, -0.05) is 30.2 Å². The first-order valence-electron chi connectivity index (χ1n) is 13.2. The van der Waals surface area contributed by atoms with Crippen LogP contribution < -0.4 is 14.8 Å². The quantitative estimate of drug-likeness (QED) is 0.255. The third-order valence-corrected chi connectivity index (χ3v) is 8.31. The third-order valence-electron chi connectivity index (χ3n) is 7.89. The number of nitrogens with zero attached hydrogens (tertiary/aromatic N) is 5. The van der Waals surface area contributed by atoms with E-state index in [-0.39, 0.29) is 11.3 Å². The number of ether oxygens (including phenoxy) is 1. The summed E-state index contributed by atoms with van der Waals surface area (Å²) in [5.41, 5.74) is 6.80. The highest BCUT2D eigenvalue weighted by atomic mass is 32.2. The molecule has 10 heteroatoms. The van der Waals surface area contributed by atoms with Crippen LogP contribution in [0.25, 0.3) is 17.1 Å². The lowest BCUT2D eigenvalue weighted by Crippen LogP contribution is -2.15. The van der Waals surface area contributed by atoms with Crippen LogP contribution in [-0.4, -0.2) is 43.8 Å². The van der Waals surface area contributed by atoms with Crippen LogP contribution >= 0.6 is 11.9 Å². The van der Waals surface area contributed by atoms with Crippen molar-refractivity contribution in [3.05, 3.63) is 65.2 Å². The highest BCUT2D eigenvalue weighted by Crippen LogP contribution is 2.51. The molecule has 9 nitrogen and oxygen atoms in total. The van der Waals surface area contributed by atoms with Crippen molar-refractivity contribution in [2.24, 2.45) is 7.05 Å². The van der Waals surface area contributed by atoms with Crippen LogP contribution in [0.15, 0.2) is 42.7 Å². The smallest absolute Gasteiger partial charge is 0.255 e. The molecule has 2 heterocycles. The monoisotopic (exact) mass is 543 g/mol. The normalized spacial score (nSPS) is 15.7. The molecule has 2 fully saturated rings. The molecule has 2 aliphatic rings. The number of imidazole rings is 1. The maximum absolute atomic E-state index is 13.5. The Morgan fingerprint density at radius 1 is 1.18 bits per heavy atom. The molecule has 4 aromatic rings. The molecule has 2 N–H and O–H groups in total. The van der Waals surface area contributed by atoms with E-state index in [1.54, 1.807) is 11.8 Å². The fourth-order valence-electron chi connectivity index (χ4n) is 5.03. The Hall–Kier alpha value is -3.79. The van der Waals surface area contributed by atoms with Crippen molar-refractivity contribution in [3.63, 3.8) is 0 Å². The van der Waals surface area contributed by atoms with Gasteiger partial charge in [-0.2, -0.15) is 0 Å². The van der Waals surface area contributed by atoms with Gasteiger partial charge in [-0.15, -0.1) is 5.10 Å². The predicted molar refractivity (Wildman–Crippen MR) is 155 cm³/mol. The first-order chi connectivity index (χ1) is 18.8. The van der Waals surface area contributed by atoms with Gasteiger partial charge in [0.05, 0.1) is 42.3 Å². The molecule has 0 radical (unpaired) electrons. The van der Waals surface area contributed by atoms with Gasteiger partial charge in [-0.25, -0.2) is 9.67 Å². The van der Waals surface area contributed by atoms with Crippen LogP contribution in [0, 0.1) is 6.92 Å². The highest BCUT2D eigenvalue weighted by molar-refractivity contribution is 7.99. The van der Waals surface area contributed by atoms with E-state index in [1.165, 1.54) is 30.4 Å². The molecule has 2 aromatic heterocycles. The molecule has 0 atom stereocenters. The second kappa shape index (κ2) is 9.75. The zero-order valence-electron chi connectivity index (χ0n) is 22.9. The number of aryl methyl sites for hydroxylation is 1. The molecule has 39 heavy (non-hydrogen) atoms. The van der Waals surface area contributed by atoms with Gasteiger partial charge in [-0.05, 0) is 73.4 Å². The van der Waals surface area contributed by atoms with Gasteiger partial charge in [0.2, 0.25) is 0 Å². The Balaban J connectivity index is 1.29. The average molecular weight is 544 g/mol. The van der Waals surface area contributed by atoms with Crippen LogP contribution in [0.3, 0.4) is 0 Å². The van der Waals surface area contributed by atoms with Crippen molar-refractivity contribution in [1.29, 1.82) is 0 Å². The summed E-state index contributed by atoms with van der Waals surface area (Å²) >= 11 is 1.49. The molecule has 0 bridgehead atoms. The molecular formula is C29H33N7O2S. The minimum absolute atomic E-state index is 0.135. The largest absolute Gasteiger partial charge is 0.492 e. The zero-order valence-corrected chi connectivity index (χ0v) is 23.7. The fraction of sp³-hybridized carbons (Fsp3) is 0.379. The van der Waals surface area contributed by atoms with Gasteiger partial charge < -0.3 is 19.3 Å². The molecule has 2 saturated carbocycles. The number of methoxy groups -OCH3 is 1. The highest BCUT2D eigenvalue weighted by Gasteiger charge is 2.40. The van der Waals surface area contributed by atoms with Gasteiger partial charge in [0.15, 0.2) is 5.75 Å². The van der Waals surface area contributed by atoms with E-state index in [0.717, 1.165) is 47.0 Å². The number of benzene rings is 2. The van der Waals surface area contributed by atoms with Crippen molar-refractivity contribution >= 4 is 29.2 Å². The number of hydrogen-bond acceptors (Lipinski definition) is 7. The number of anilines is 2. The minimum atomic E-state index is -0.219. The summed E-state index contributed by atoms with van der Waals surface area (Å²) in [4.78, 5) is 18.1. The van der Waals surface area contributed by atoms with Gasteiger partial charge in [0.1, 0.15) is 11.5 Å². The maximum atomic E-state index is 13.5. The van der Waals surface area contributed by atoms with Crippen LogP contribution in [0.5, 0.6) is 5.75 Å². The number of amides is 1. The number of carbonyl (C=O) groups is 1. The molecule has 202 valence electrons. The van der Waals surface area contributed by atoms with Crippen molar-refractivity contribution in [1.82, 2.24) is 24.5 Å². The minimum Gasteiger partial charge on any atom is -0.492 e. The third kappa shape index (κ3) is 4.78. The Labute approximate surface area is 232 Å². The topological polar surface area (TPSA) is 98.9 Å². The van der Waals surface area contributed by atoms with Crippen molar-refractivity contribution in [3.8, 4) is 22.8 Å². The molecule has 1 amide bonds. The SMILES string of the molecule is COc1c(NSC)cc(C2(C)CC2)cc1NC(=O)c1ccc(C)c(-n2cc(-c3cnc(C4CC4)n3C)nn2)c1. The lowest BCUT2D eigenvalue weighted by atomic mass is 9.96. The maximum Gasteiger partial charge on any atom is 0.255 e. The number of carbonyl (C=O) groups excluding carboxylic acids is 1. The van der Waals surface area contributed by atoms with E-state index in [2.05, 4.69) is 42.9 Å². The second-order valence-corrected chi connectivity index (χ2v) is 11.4. The Morgan fingerprint density at radius 3 is 2.64 bits per heavy atom.